The number of alkyl halides is 3. The number of halogens is 3. The molecule has 9 heteroatoms. The van der Waals surface area contributed by atoms with Gasteiger partial charge in [0.15, 0.2) is 0 Å². The molecule has 1 aromatic carbocycles. The molecular formula is C16H16F3N3O3. The predicted molar refractivity (Wildman–Crippen MR) is 80.9 cm³/mol. The minimum atomic E-state index is -4.67. The Morgan fingerprint density at radius 1 is 1.40 bits per heavy atom. The number of aromatic nitrogens is 2. The van der Waals surface area contributed by atoms with E-state index in [1.807, 2.05) is 0 Å². The maximum Gasteiger partial charge on any atom is 0.471 e. The van der Waals surface area contributed by atoms with Crippen molar-refractivity contribution in [1.29, 1.82) is 0 Å². The first-order chi connectivity index (χ1) is 12.0. The number of nitrogens with zero attached hydrogens (tertiary/aromatic N) is 3. The van der Waals surface area contributed by atoms with Crippen LogP contribution < -0.4 is 4.74 Å². The highest BCUT2D eigenvalue weighted by molar-refractivity contribution is 5.56. The molecule has 0 aliphatic carbocycles. The summed E-state index contributed by atoms with van der Waals surface area (Å²) in [6.07, 6.45) is -2.50. The summed E-state index contributed by atoms with van der Waals surface area (Å²) in [5.74, 6) is -0.995. The molecule has 2 heterocycles. The molecule has 1 saturated heterocycles. The van der Waals surface area contributed by atoms with Gasteiger partial charge in [-0.25, -0.2) is 0 Å². The smallest absolute Gasteiger partial charge is 0.471 e. The van der Waals surface area contributed by atoms with Gasteiger partial charge in [0, 0.05) is 31.6 Å². The molecule has 0 spiro atoms. The number of carbonyl (C=O) groups excluding carboxylic acids is 1. The Bertz CT molecular complexity index is 733. The molecule has 1 unspecified atom stereocenters. The molecule has 0 radical (unpaired) electrons. The van der Waals surface area contributed by atoms with E-state index in [0.29, 0.717) is 30.8 Å². The van der Waals surface area contributed by atoms with Crippen LogP contribution in [-0.4, -0.2) is 47.1 Å². The summed E-state index contributed by atoms with van der Waals surface area (Å²) < 4.78 is 47.8. The minimum Gasteiger partial charge on any atom is -0.489 e. The number of ether oxygens (including phenoxy) is 1. The largest absolute Gasteiger partial charge is 0.489 e. The molecule has 3 rings (SSSR count). The maximum atomic E-state index is 12.5. The second-order valence-corrected chi connectivity index (χ2v) is 5.73. The van der Waals surface area contributed by atoms with Crippen molar-refractivity contribution in [3.8, 4) is 17.1 Å². The highest BCUT2D eigenvalue weighted by atomic mass is 19.4. The first kappa shape index (κ1) is 17.4. The van der Waals surface area contributed by atoms with Crippen molar-refractivity contribution in [2.75, 3.05) is 19.6 Å². The first-order valence-corrected chi connectivity index (χ1v) is 7.79. The summed E-state index contributed by atoms with van der Waals surface area (Å²) in [6, 6.07) is 6.55. The molecule has 1 aliphatic heterocycles. The van der Waals surface area contributed by atoms with Crippen LogP contribution in [0.25, 0.3) is 11.4 Å². The zero-order valence-corrected chi connectivity index (χ0v) is 13.2. The van der Waals surface area contributed by atoms with E-state index in [2.05, 4.69) is 19.6 Å². The Kier molecular flexibility index (Phi) is 5.03. The topological polar surface area (TPSA) is 68.5 Å². The SMILES string of the molecule is O=CCCN1CCC(Oc2cccc(-c3noc(C(F)(F)F)n3)c2)C1. The van der Waals surface area contributed by atoms with Gasteiger partial charge in [-0.15, -0.1) is 0 Å². The molecule has 0 amide bonds. The van der Waals surface area contributed by atoms with Crippen LogP contribution in [0.4, 0.5) is 13.2 Å². The number of rotatable bonds is 6. The molecule has 1 aromatic heterocycles. The molecule has 2 aromatic rings. The van der Waals surface area contributed by atoms with Gasteiger partial charge >= 0.3 is 12.1 Å². The average Bonchev–Trinajstić information content (AvgIpc) is 3.22. The highest BCUT2D eigenvalue weighted by Gasteiger charge is 2.38. The summed E-state index contributed by atoms with van der Waals surface area (Å²) in [6.45, 7) is 2.25. The van der Waals surface area contributed by atoms with Crippen molar-refractivity contribution in [2.45, 2.75) is 25.1 Å². The van der Waals surface area contributed by atoms with Crippen molar-refractivity contribution in [3.63, 3.8) is 0 Å². The maximum absolute atomic E-state index is 12.5. The van der Waals surface area contributed by atoms with E-state index in [1.165, 1.54) is 0 Å². The molecule has 1 aliphatic rings. The van der Waals surface area contributed by atoms with E-state index in [4.69, 9.17) is 4.74 Å². The Morgan fingerprint density at radius 2 is 2.24 bits per heavy atom. The number of benzene rings is 1. The summed E-state index contributed by atoms with van der Waals surface area (Å²) in [7, 11) is 0. The van der Waals surface area contributed by atoms with Crippen molar-refractivity contribution in [2.24, 2.45) is 0 Å². The quantitative estimate of drug-likeness (QED) is 0.743. The van der Waals surface area contributed by atoms with Crippen molar-refractivity contribution in [1.82, 2.24) is 15.0 Å². The fraction of sp³-hybridized carbons (Fsp3) is 0.438. The average molecular weight is 355 g/mol. The van der Waals surface area contributed by atoms with Crippen molar-refractivity contribution < 1.29 is 27.2 Å². The van der Waals surface area contributed by atoms with Gasteiger partial charge in [0.1, 0.15) is 18.1 Å². The zero-order valence-electron chi connectivity index (χ0n) is 13.2. The number of hydrogen-bond donors (Lipinski definition) is 0. The van der Waals surface area contributed by atoms with Crippen LogP contribution in [0.1, 0.15) is 18.7 Å². The third kappa shape index (κ3) is 4.36. The van der Waals surface area contributed by atoms with Crippen molar-refractivity contribution >= 4 is 6.29 Å². The fourth-order valence-corrected chi connectivity index (χ4v) is 2.69. The van der Waals surface area contributed by atoms with Crippen LogP contribution in [0, 0.1) is 0 Å². The summed E-state index contributed by atoms with van der Waals surface area (Å²) >= 11 is 0. The zero-order chi connectivity index (χ0) is 17.9. The second-order valence-electron chi connectivity index (χ2n) is 5.73. The summed E-state index contributed by atoms with van der Waals surface area (Å²) in [5.41, 5.74) is 0.382. The summed E-state index contributed by atoms with van der Waals surface area (Å²) in [5, 5.41) is 3.37. The van der Waals surface area contributed by atoms with Crippen LogP contribution in [0.15, 0.2) is 28.8 Å². The van der Waals surface area contributed by atoms with Crippen LogP contribution in [-0.2, 0) is 11.0 Å². The van der Waals surface area contributed by atoms with E-state index in [-0.39, 0.29) is 11.9 Å². The van der Waals surface area contributed by atoms with Crippen molar-refractivity contribution in [3.05, 3.63) is 30.2 Å². The molecule has 6 nitrogen and oxygen atoms in total. The summed E-state index contributed by atoms with van der Waals surface area (Å²) in [4.78, 5) is 15.9. The van der Waals surface area contributed by atoms with Gasteiger partial charge in [0.2, 0.25) is 5.82 Å². The van der Waals surface area contributed by atoms with E-state index >= 15 is 0 Å². The monoisotopic (exact) mass is 355 g/mol. The van der Waals surface area contributed by atoms with Crippen LogP contribution in [0.5, 0.6) is 5.75 Å². The van der Waals surface area contributed by atoms with Gasteiger partial charge < -0.3 is 14.1 Å². The standard InChI is InChI=1S/C16H16F3N3O3/c17-16(18,19)15-20-14(21-25-15)11-3-1-4-12(9-11)24-13-5-7-22(10-13)6-2-8-23/h1,3-4,8-9,13H,2,5-7,10H2. The Morgan fingerprint density at radius 3 is 2.96 bits per heavy atom. The number of carbonyl (C=O) groups is 1. The fourth-order valence-electron chi connectivity index (χ4n) is 2.69. The van der Waals surface area contributed by atoms with Crippen LogP contribution in [0.3, 0.4) is 0 Å². The van der Waals surface area contributed by atoms with E-state index in [1.54, 1.807) is 24.3 Å². The van der Waals surface area contributed by atoms with E-state index in [9.17, 15) is 18.0 Å². The Balaban J connectivity index is 1.66. The van der Waals surface area contributed by atoms with Gasteiger partial charge in [0.05, 0.1) is 0 Å². The molecule has 1 fully saturated rings. The minimum absolute atomic E-state index is 0.0297. The van der Waals surface area contributed by atoms with Gasteiger partial charge in [-0.2, -0.15) is 18.2 Å². The first-order valence-electron chi connectivity index (χ1n) is 7.79. The molecular weight excluding hydrogens is 339 g/mol. The number of likely N-dealkylation sites (tertiary alicyclic amines) is 1. The second kappa shape index (κ2) is 7.22. The van der Waals surface area contributed by atoms with Gasteiger partial charge in [0.25, 0.3) is 0 Å². The normalized spacial score (nSPS) is 18.4. The molecule has 134 valence electrons. The lowest BCUT2D eigenvalue weighted by molar-refractivity contribution is -0.159. The lowest BCUT2D eigenvalue weighted by Gasteiger charge is -2.16. The highest BCUT2D eigenvalue weighted by Crippen LogP contribution is 2.30. The Hall–Kier alpha value is -2.42. The van der Waals surface area contributed by atoms with E-state index in [0.717, 1.165) is 19.3 Å². The van der Waals surface area contributed by atoms with Crippen LogP contribution in [0.2, 0.25) is 0 Å². The lowest BCUT2D eigenvalue weighted by atomic mass is 10.2. The molecule has 0 bridgehead atoms. The predicted octanol–water partition coefficient (Wildman–Crippen LogP) is 2.80. The van der Waals surface area contributed by atoms with Crippen LogP contribution >= 0.6 is 0 Å². The third-order valence-electron chi connectivity index (χ3n) is 3.86. The number of hydrogen-bond acceptors (Lipinski definition) is 6. The molecule has 0 N–H and O–H groups in total. The molecule has 0 saturated carbocycles. The van der Waals surface area contributed by atoms with Gasteiger partial charge in [-0.3, -0.25) is 4.90 Å². The molecule has 1 atom stereocenters. The van der Waals surface area contributed by atoms with Gasteiger partial charge in [-0.05, 0) is 18.6 Å². The Labute approximate surface area is 141 Å². The molecule has 25 heavy (non-hydrogen) atoms. The third-order valence-corrected chi connectivity index (χ3v) is 3.86. The van der Waals surface area contributed by atoms with Gasteiger partial charge in [-0.1, -0.05) is 17.3 Å². The lowest BCUT2D eigenvalue weighted by Crippen LogP contribution is -2.25. The van der Waals surface area contributed by atoms with E-state index < -0.39 is 12.1 Å². The number of aldehydes is 1.